The van der Waals surface area contributed by atoms with E-state index in [-0.39, 0.29) is 5.82 Å². The Morgan fingerprint density at radius 2 is 2.29 bits per heavy atom. The molecule has 1 aromatic carbocycles. The van der Waals surface area contributed by atoms with Crippen molar-refractivity contribution in [3.63, 3.8) is 0 Å². The number of anilines is 2. The zero-order valence-electron chi connectivity index (χ0n) is 9.13. The fraction of sp³-hybridized carbons (Fsp3) is 0.182. The summed E-state index contributed by atoms with van der Waals surface area (Å²) in [5.74, 6) is -0.336. The van der Waals surface area contributed by atoms with Crippen LogP contribution in [0.5, 0.6) is 0 Å². The predicted molar refractivity (Wildman–Crippen MR) is 72.7 cm³/mol. The lowest BCUT2D eigenvalue weighted by Crippen LogP contribution is -2.02. The third kappa shape index (κ3) is 2.95. The average molecular weight is 316 g/mol. The van der Waals surface area contributed by atoms with Crippen molar-refractivity contribution in [2.75, 3.05) is 11.1 Å². The molecule has 0 atom stereocenters. The molecule has 0 aliphatic carbocycles. The topological polar surface area (TPSA) is 50.9 Å². The number of hydrogen-bond acceptors (Lipinski definition) is 4. The molecule has 0 fully saturated rings. The highest BCUT2D eigenvalue weighted by atomic mass is 79.9. The van der Waals surface area contributed by atoms with E-state index in [2.05, 4.69) is 26.2 Å². The van der Waals surface area contributed by atoms with Crippen molar-refractivity contribution in [2.24, 2.45) is 0 Å². The first-order valence-electron chi connectivity index (χ1n) is 4.96. The highest BCUT2D eigenvalue weighted by Gasteiger charge is 2.06. The summed E-state index contributed by atoms with van der Waals surface area (Å²) in [6, 6.07) is 2.92. The summed E-state index contributed by atoms with van der Waals surface area (Å²) < 4.78 is 13.7. The van der Waals surface area contributed by atoms with Crippen molar-refractivity contribution in [2.45, 2.75) is 13.5 Å². The summed E-state index contributed by atoms with van der Waals surface area (Å²) in [5.41, 5.74) is 6.87. The number of aromatic nitrogens is 1. The van der Waals surface area contributed by atoms with Crippen molar-refractivity contribution in [1.29, 1.82) is 0 Å². The van der Waals surface area contributed by atoms with E-state index in [1.807, 2.05) is 13.1 Å². The van der Waals surface area contributed by atoms with E-state index in [1.165, 1.54) is 6.07 Å². The number of nitrogens with zero attached hydrogens (tertiary/aromatic N) is 1. The van der Waals surface area contributed by atoms with Gasteiger partial charge in [0, 0.05) is 17.1 Å². The molecule has 0 spiro atoms. The summed E-state index contributed by atoms with van der Waals surface area (Å²) in [4.78, 5) is 5.36. The molecule has 0 aliphatic rings. The van der Waals surface area contributed by atoms with Gasteiger partial charge < -0.3 is 11.1 Å². The molecule has 0 radical (unpaired) electrons. The molecule has 2 aromatic rings. The van der Waals surface area contributed by atoms with E-state index < -0.39 is 0 Å². The Balaban J connectivity index is 2.11. The highest BCUT2D eigenvalue weighted by molar-refractivity contribution is 9.10. The molecule has 3 N–H and O–H groups in total. The normalized spacial score (nSPS) is 10.5. The summed E-state index contributed by atoms with van der Waals surface area (Å²) in [6.07, 6.45) is 1.81. The summed E-state index contributed by atoms with van der Waals surface area (Å²) >= 11 is 4.69. The van der Waals surface area contributed by atoms with Crippen LogP contribution in [0.2, 0.25) is 0 Å². The summed E-state index contributed by atoms with van der Waals surface area (Å²) in [5, 5.41) is 4.02. The van der Waals surface area contributed by atoms with Crippen LogP contribution in [0.25, 0.3) is 0 Å². The van der Waals surface area contributed by atoms with Crippen LogP contribution in [0.4, 0.5) is 15.8 Å². The van der Waals surface area contributed by atoms with E-state index >= 15 is 0 Å². The van der Waals surface area contributed by atoms with Crippen molar-refractivity contribution < 1.29 is 4.39 Å². The van der Waals surface area contributed by atoms with Gasteiger partial charge in [-0.15, -0.1) is 11.3 Å². The molecule has 6 heteroatoms. The molecule has 17 heavy (non-hydrogen) atoms. The third-order valence-corrected chi connectivity index (χ3v) is 3.71. The van der Waals surface area contributed by atoms with Crippen LogP contribution >= 0.6 is 27.3 Å². The number of nitrogens with one attached hydrogen (secondary N) is 1. The monoisotopic (exact) mass is 315 g/mol. The number of halogens is 2. The SMILES string of the molecule is Cc1cnc(CNc2cc(F)c(Br)cc2N)s1. The fourth-order valence-electron chi connectivity index (χ4n) is 1.37. The molecule has 90 valence electrons. The van der Waals surface area contributed by atoms with Crippen LogP contribution in [0.1, 0.15) is 9.88 Å². The second-order valence-electron chi connectivity index (χ2n) is 3.57. The molecule has 0 amide bonds. The van der Waals surface area contributed by atoms with Gasteiger partial charge in [0.1, 0.15) is 10.8 Å². The lowest BCUT2D eigenvalue weighted by Gasteiger charge is -2.08. The first-order chi connectivity index (χ1) is 8.06. The van der Waals surface area contributed by atoms with Gasteiger partial charge in [0.05, 0.1) is 22.4 Å². The summed E-state index contributed by atoms with van der Waals surface area (Å²) in [6.45, 7) is 2.54. The van der Waals surface area contributed by atoms with Crippen molar-refractivity contribution in [1.82, 2.24) is 4.98 Å². The van der Waals surface area contributed by atoms with E-state index in [9.17, 15) is 4.39 Å². The minimum Gasteiger partial charge on any atom is -0.397 e. The molecule has 2 rings (SSSR count). The second kappa shape index (κ2) is 5.01. The molecule has 0 bridgehead atoms. The maximum absolute atomic E-state index is 13.3. The maximum Gasteiger partial charge on any atom is 0.139 e. The van der Waals surface area contributed by atoms with Crippen molar-refractivity contribution in [3.8, 4) is 0 Å². The molecule has 0 saturated heterocycles. The van der Waals surface area contributed by atoms with Gasteiger partial charge in [0.25, 0.3) is 0 Å². The number of thiazole rings is 1. The minimum atomic E-state index is -0.336. The van der Waals surface area contributed by atoms with Gasteiger partial charge in [-0.2, -0.15) is 0 Å². The number of aryl methyl sites for hydroxylation is 1. The van der Waals surface area contributed by atoms with E-state index in [0.717, 1.165) is 9.88 Å². The third-order valence-electron chi connectivity index (χ3n) is 2.19. The molecule has 0 aliphatic heterocycles. The van der Waals surface area contributed by atoms with Crippen molar-refractivity contribution in [3.05, 3.63) is 38.5 Å². The number of rotatable bonds is 3. The number of hydrogen-bond donors (Lipinski definition) is 2. The molecular weight excluding hydrogens is 305 g/mol. The Hall–Kier alpha value is -1.14. The molecule has 1 heterocycles. The lowest BCUT2D eigenvalue weighted by atomic mass is 10.2. The number of benzene rings is 1. The Morgan fingerprint density at radius 3 is 2.94 bits per heavy atom. The average Bonchev–Trinajstić information content (AvgIpc) is 2.68. The van der Waals surface area contributed by atoms with E-state index in [0.29, 0.717) is 22.4 Å². The van der Waals surface area contributed by atoms with Crippen LogP contribution in [-0.2, 0) is 6.54 Å². The van der Waals surface area contributed by atoms with Gasteiger partial charge in [0.2, 0.25) is 0 Å². The first-order valence-corrected chi connectivity index (χ1v) is 6.57. The van der Waals surface area contributed by atoms with Gasteiger partial charge in [-0.05, 0) is 28.9 Å². The number of nitrogens with two attached hydrogens (primary N) is 1. The molecule has 0 unspecified atom stereocenters. The van der Waals surface area contributed by atoms with E-state index in [4.69, 9.17) is 5.73 Å². The standard InChI is InChI=1S/C11H11BrFN3S/c1-6-4-16-11(17-6)5-15-10-3-8(13)7(12)2-9(10)14/h2-4,15H,5,14H2,1H3. The van der Waals surface area contributed by atoms with Gasteiger partial charge in [-0.25, -0.2) is 9.37 Å². The van der Waals surface area contributed by atoms with Gasteiger partial charge in [0.15, 0.2) is 0 Å². The Labute approximate surface area is 111 Å². The Bertz CT molecular complexity index is 542. The van der Waals surface area contributed by atoms with Crippen LogP contribution in [0, 0.1) is 12.7 Å². The zero-order valence-corrected chi connectivity index (χ0v) is 11.5. The lowest BCUT2D eigenvalue weighted by molar-refractivity contribution is 0.622. The van der Waals surface area contributed by atoms with Crippen LogP contribution in [0.3, 0.4) is 0 Å². The molecule has 1 aromatic heterocycles. The van der Waals surface area contributed by atoms with Crippen LogP contribution < -0.4 is 11.1 Å². The van der Waals surface area contributed by atoms with Crippen LogP contribution in [-0.4, -0.2) is 4.98 Å². The van der Waals surface area contributed by atoms with Gasteiger partial charge in [-0.1, -0.05) is 0 Å². The van der Waals surface area contributed by atoms with E-state index in [1.54, 1.807) is 17.4 Å². The summed E-state index contributed by atoms with van der Waals surface area (Å²) in [7, 11) is 0. The minimum absolute atomic E-state index is 0.336. The zero-order chi connectivity index (χ0) is 12.4. The first kappa shape index (κ1) is 12.3. The second-order valence-corrected chi connectivity index (χ2v) is 5.75. The van der Waals surface area contributed by atoms with Gasteiger partial charge in [-0.3, -0.25) is 0 Å². The van der Waals surface area contributed by atoms with Crippen LogP contribution in [0.15, 0.2) is 22.8 Å². The molecular formula is C11H11BrFN3S. The molecule has 0 saturated carbocycles. The Kier molecular flexibility index (Phi) is 3.63. The quantitative estimate of drug-likeness (QED) is 0.852. The fourth-order valence-corrected chi connectivity index (χ4v) is 2.46. The smallest absolute Gasteiger partial charge is 0.139 e. The van der Waals surface area contributed by atoms with Gasteiger partial charge >= 0.3 is 0 Å². The maximum atomic E-state index is 13.3. The number of nitrogen functional groups attached to an aromatic ring is 1. The largest absolute Gasteiger partial charge is 0.397 e. The Morgan fingerprint density at radius 1 is 1.53 bits per heavy atom. The highest BCUT2D eigenvalue weighted by Crippen LogP contribution is 2.27. The molecule has 3 nitrogen and oxygen atoms in total. The predicted octanol–water partition coefficient (Wildman–Crippen LogP) is 3.55. The van der Waals surface area contributed by atoms with Crippen molar-refractivity contribution >= 4 is 38.6 Å².